The average molecular weight is 415 g/mol. The highest BCUT2D eigenvalue weighted by Crippen LogP contribution is 2.40. The zero-order chi connectivity index (χ0) is 20.8. The van der Waals surface area contributed by atoms with Gasteiger partial charge in [0.05, 0.1) is 11.7 Å². The lowest BCUT2D eigenvalue weighted by atomic mass is 10.1. The SMILES string of the molecule is Cc1cc(C2CCCCCN2C(=O)c2cc3nc(C4CC4)cc(C(F)F)n3n2)on1. The molecule has 7 nitrogen and oxygen atoms in total. The van der Waals surface area contributed by atoms with E-state index in [1.807, 2.05) is 13.0 Å². The number of likely N-dealkylation sites (tertiary alicyclic amines) is 1. The summed E-state index contributed by atoms with van der Waals surface area (Å²) in [4.78, 5) is 19.6. The number of aryl methyl sites for hydroxylation is 1. The molecule has 2 fully saturated rings. The molecule has 1 aliphatic heterocycles. The fourth-order valence-corrected chi connectivity index (χ4v) is 4.20. The van der Waals surface area contributed by atoms with Crippen molar-refractivity contribution in [3.8, 4) is 0 Å². The Morgan fingerprint density at radius 2 is 2.00 bits per heavy atom. The van der Waals surface area contributed by atoms with Crippen molar-refractivity contribution in [1.82, 2.24) is 24.7 Å². The maximum absolute atomic E-state index is 13.7. The van der Waals surface area contributed by atoms with Crippen molar-refractivity contribution in [3.63, 3.8) is 0 Å². The Morgan fingerprint density at radius 3 is 2.70 bits per heavy atom. The molecule has 1 amide bonds. The van der Waals surface area contributed by atoms with Crippen LogP contribution in [0.3, 0.4) is 0 Å². The van der Waals surface area contributed by atoms with Crippen molar-refractivity contribution in [2.45, 2.75) is 63.8 Å². The first-order valence-corrected chi connectivity index (χ1v) is 10.4. The number of carbonyl (C=O) groups excluding carboxylic acids is 1. The van der Waals surface area contributed by atoms with Gasteiger partial charge in [0, 0.05) is 30.3 Å². The van der Waals surface area contributed by atoms with Gasteiger partial charge >= 0.3 is 0 Å². The minimum atomic E-state index is -2.70. The lowest BCUT2D eigenvalue weighted by Crippen LogP contribution is -2.35. The molecule has 3 aromatic rings. The number of hydrogen-bond acceptors (Lipinski definition) is 5. The summed E-state index contributed by atoms with van der Waals surface area (Å²) in [5, 5.41) is 8.19. The summed E-state index contributed by atoms with van der Waals surface area (Å²) in [6, 6.07) is 4.55. The first-order chi connectivity index (χ1) is 14.5. The number of fused-ring (bicyclic) bond motifs is 1. The Hall–Kier alpha value is -2.84. The van der Waals surface area contributed by atoms with E-state index in [0.717, 1.165) is 48.7 Å². The summed E-state index contributed by atoms with van der Waals surface area (Å²) in [5.41, 5.74) is 1.61. The molecule has 2 aliphatic rings. The molecule has 9 heteroatoms. The van der Waals surface area contributed by atoms with Crippen LogP contribution in [0.4, 0.5) is 8.78 Å². The van der Waals surface area contributed by atoms with Crippen LogP contribution in [0, 0.1) is 6.92 Å². The molecule has 1 unspecified atom stereocenters. The van der Waals surface area contributed by atoms with Gasteiger partial charge in [-0.15, -0.1) is 0 Å². The van der Waals surface area contributed by atoms with E-state index in [0.29, 0.717) is 23.6 Å². The maximum Gasteiger partial charge on any atom is 0.280 e. The van der Waals surface area contributed by atoms with Crippen molar-refractivity contribution < 1.29 is 18.1 Å². The summed E-state index contributed by atoms with van der Waals surface area (Å²) in [6.07, 6.45) is 2.84. The molecule has 0 bridgehead atoms. The Kier molecular flexibility index (Phi) is 4.75. The largest absolute Gasteiger partial charge is 0.359 e. The maximum atomic E-state index is 13.7. The molecule has 158 valence electrons. The second kappa shape index (κ2) is 7.45. The van der Waals surface area contributed by atoms with Crippen LogP contribution in [0.15, 0.2) is 22.7 Å². The van der Waals surface area contributed by atoms with Crippen LogP contribution in [0.2, 0.25) is 0 Å². The highest BCUT2D eigenvalue weighted by molar-refractivity contribution is 5.93. The molecule has 1 aliphatic carbocycles. The van der Waals surface area contributed by atoms with E-state index in [2.05, 4.69) is 15.2 Å². The number of hydrogen-bond donors (Lipinski definition) is 0. The lowest BCUT2D eigenvalue weighted by Gasteiger charge is -2.27. The smallest absolute Gasteiger partial charge is 0.280 e. The van der Waals surface area contributed by atoms with Crippen LogP contribution in [-0.2, 0) is 0 Å². The number of carbonyl (C=O) groups is 1. The Bertz CT molecular complexity index is 1090. The van der Waals surface area contributed by atoms with E-state index in [9.17, 15) is 13.6 Å². The topological polar surface area (TPSA) is 76.5 Å². The summed E-state index contributed by atoms with van der Waals surface area (Å²) < 4.78 is 33.9. The first-order valence-electron chi connectivity index (χ1n) is 10.4. The third kappa shape index (κ3) is 3.46. The van der Waals surface area contributed by atoms with Crippen molar-refractivity contribution in [3.05, 3.63) is 46.7 Å². The fraction of sp³-hybridized carbons (Fsp3) is 0.524. The van der Waals surface area contributed by atoms with Gasteiger partial charge in [-0.25, -0.2) is 18.3 Å². The van der Waals surface area contributed by atoms with Gasteiger partial charge in [0.2, 0.25) is 0 Å². The predicted octanol–water partition coefficient (Wildman–Crippen LogP) is 4.60. The van der Waals surface area contributed by atoms with Gasteiger partial charge in [-0.3, -0.25) is 4.79 Å². The molecule has 30 heavy (non-hydrogen) atoms. The quantitative estimate of drug-likeness (QED) is 0.623. The Balaban J connectivity index is 1.53. The molecular formula is C21H23F2N5O2. The summed E-state index contributed by atoms with van der Waals surface area (Å²) in [5.74, 6) is 0.579. The van der Waals surface area contributed by atoms with Crippen LogP contribution in [-0.4, -0.2) is 37.1 Å². The lowest BCUT2D eigenvalue weighted by molar-refractivity contribution is 0.0644. The highest BCUT2D eigenvalue weighted by atomic mass is 19.3. The molecule has 3 aromatic heterocycles. The monoisotopic (exact) mass is 415 g/mol. The molecule has 1 atom stereocenters. The zero-order valence-corrected chi connectivity index (χ0v) is 16.7. The van der Waals surface area contributed by atoms with Crippen molar-refractivity contribution in [1.29, 1.82) is 0 Å². The van der Waals surface area contributed by atoms with Gasteiger partial charge in [-0.1, -0.05) is 18.0 Å². The molecule has 0 aromatic carbocycles. The van der Waals surface area contributed by atoms with Crippen LogP contribution in [0.1, 0.15) is 90.2 Å². The van der Waals surface area contributed by atoms with E-state index in [-0.39, 0.29) is 29.3 Å². The van der Waals surface area contributed by atoms with Gasteiger partial charge in [-0.05, 0) is 38.7 Å². The highest BCUT2D eigenvalue weighted by Gasteiger charge is 2.33. The number of nitrogens with zero attached hydrogens (tertiary/aromatic N) is 5. The second-order valence-corrected chi connectivity index (χ2v) is 8.21. The van der Waals surface area contributed by atoms with Crippen molar-refractivity contribution in [2.75, 3.05) is 6.54 Å². The van der Waals surface area contributed by atoms with Crippen LogP contribution in [0.5, 0.6) is 0 Å². The average Bonchev–Trinajstić information content (AvgIpc) is 3.42. The van der Waals surface area contributed by atoms with Gasteiger partial charge in [0.25, 0.3) is 12.3 Å². The molecule has 0 spiro atoms. The molecule has 0 N–H and O–H groups in total. The summed E-state index contributed by atoms with van der Waals surface area (Å²) in [7, 11) is 0. The molecule has 1 saturated carbocycles. The minimum absolute atomic E-state index is 0.125. The standard InChI is InChI=1S/C21H23F2N5O2/c1-12-9-18(30-26-12)16-5-3-2-4-8-27(16)21(29)15-11-19-24-14(13-6-7-13)10-17(20(22)23)28(19)25-15/h9-11,13,16,20H,2-8H2,1H3. The van der Waals surface area contributed by atoms with Crippen LogP contribution < -0.4 is 0 Å². The van der Waals surface area contributed by atoms with Crippen LogP contribution >= 0.6 is 0 Å². The fourth-order valence-electron chi connectivity index (χ4n) is 4.20. The van der Waals surface area contributed by atoms with E-state index >= 15 is 0 Å². The molecule has 1 saturated heterocycles. The molecule has 4 heterocycles. The molecular weight excluding hydrogens is 392 g/mol. The van der Waals surface area contributed by atoms with Gasteiger partial charge < -0.3 is 9.42 Å². The van der Waals surface area contributed by atoms with E-state index < -0.39 is 6.43 Å². The van der Waals surface area contributed by atoms with Crippen molar-refractivity contribution >= 4 is 11.6 Å². The van der Waals surface area contributed by atoms with Crippen LogP contribution in [0.25, 0.3) is 5.65 Å². The van der Waals surface area contributed by atoms with E-state index in [1.54, 1.807) is 4.90 Å². The third-order valence-electron chi connectivity index (χ3n) is 5.90. The van der Waals surface area contributed by atoms with Gasteiger partial charge in [0.1, 0.15) is 5.69 Å². The van der Waals surface area contributed by atoms with E-state index in [4.69, 9.17) is 4.52 Å². The number of aromatic nitrogens is 4. The second-order valence-electron chi connectivity index (χ2n) is 8.21. The van der Waals surface area contributed by atoms with E-state index in [1.165, 1.54) is 12.1 Å². The summed E-state index contributed by atoms with van der Waals surface area (Å²) in [6.45, 7) is 2.40. The normalized spacial score (nSPS) is 20.1. The first kappa shape index (κ1) is 19.1. The number of halogens is 2. The Morgan fingerprint density at radius 1 is 1.17 bits per heavy atom. The predicted molar refractivity (Wildman–Crippen MR) is 103 cm³/mol. The summed E-state index contributed by atoms with van der Waals surface area (Å²) >= 11 is 0. The zero-order valence-electron chi connectivity index (χ0n) is 16.7. The number of amides is 1. The Labute approximate surface area is 172 Å². The number of alkyl halides is 2. The third-order valence-corrected chi connectivity index (χ3v) is 5.90. The number of rotatable bonds is 4. The van der Waals surface area contributed by atoms with Gasteiger partial charge in [-0.2, -0.15) is 5.10 Å². The van der Waals surface area contributed by atoms with Gasteiger partial charge in [0.15, 0.2) is 17.1 Å². The minimum Gasteiger partial charge on any atom is -0.359 e. The molecule has 0 radical (unpaired) electrons. The van der Waals surface area contributed by atoms with Crippen molar-refractivity contribution in [2.24, 2.45) is 0 Å². The molecule has 5 rings (SSSR count).